The fourth-order valence-electron chi connectivity index (χ4n) is 5.83. The van der Waals surface area contributed by atoms with Crippen LogP contribution in [-0.4, -0.2) is 96.0 Å². The van der Waals surface area contributed by atoms with E-state index < -0.39 is 71.2 Å². The van der Waals surface area contributed by atoms with Gasteiger partial charge in [-0.2, -0.15) is 8.42 Å². The molecule has 13 heteroatoms. The molecule has 1 aliphatic rings. The number of carbonyl (C=O) groups excluding carboxylic acids is 2. The molecule has 1 rings (SSSR count). The standard InChI is InChI=1S/C39H70O12S/c1-3-5-7-9-11-13-15-16-18-19-21-23-25-27-34(40)48-29-32(50-35(41)28-26-24-22-20-17-14-12-10-8-6-4-2)30-49-39-38(44)37(43)36(42)33(51-39)31-52(45,46)47/h10,12-13,15,32-33,36-39,42-44H,3-9,11,14,16-31H2,1-2H3,(H,45,46,47)/b12-10+,15-13+/t32-,33-,36-,37?,38?,39+/m1/s1. The van der Waals surface area contributed by atoms with E-state index in [4.69, 9.17) is 18.9 Å². The molecule has 6 atom stereocenters. The summed E-state index contributed by atoms with van der Waals surface area (Å²) in [4.78, 5) is 25.2. The maximum atomic E-state index is 12.7. The molecule has 0 aromatic rings. The maximum absolute atomic E-state index is 12.7. The van der Waals surface area contributed by atoms with Crippen LogP contribution in [0.15, 0.2) is 24.3 Å². The van der Waals surface area contributed by atoms with E-state index >= 15 is 0 Å². The monoisotopic (exact) mass is 762 g/mol. The first-order valence-corrected chi connectivity index (χ1v) is 21.5. The van der Waals surface area contributed by atoms with Gasteiger partial charge >= 0.3 is 11.9 Å². The predicted molar refractivity (Wildman–Crippen MR) is 201 cm³/mol. The molecule has 0 amide bonds. The van der Waals surface area contributed by atoms with Crippen molar-refractivity contribution >= 4 is 22.1 Å². The van der Waals surface area contributed by atoms with Crippen molar-refractivity contribution in [2.75, 3.05) is 19.0 Å². The highest BCUT2D eigenvalue weighted by molar-refractivity contribution is 7.85. The molecule has 0 bridgehead atoms. The van der Waals surface area contributed by atoms with E-state index in [1.807, 2.05) is 0 Å². The zero-order valence-electron chi connectivity index (χ0n) is 31.9. The highest BCUT2D eigenvalue weighted by Gasteiger charge is 2.46. The largest absolute Gasteiger partial charge is 0.462 e. The maximum Gasteiger partial charge on any atom is 0.306 e. The van der Waals surface area contributed by atoms with Crippen LogP contribution in [0.3, 0.4) is 0 Å². The Labute approximate surface area is 313 Å². The van der Waals surface area contributed by atoms with Gasteiger partial charge in [-0.15, -0.1) is 0 Å². The van der Waals surface area contributed by atoms with Crippen molar-refractivity contribution in [1.29, 1.82) is 0 Å². The molecule has 1 saturated heterocycles. The first-order valence-electron chi connectivity index (χ1n) is 19.9. The molecule has 0 aromatic carbocycles. The first kappa shape index (κ1) is 48.1. The van der Waals surface area contributed by atoms with Crippen LogP contribution < -0.4 is 0 Å². The number of allylic oxidation sites excluding steroid dienone is 4. The Morgan fingerprint density at radius 3 is 1.65 bits per heavy atom. The smallest absolute Gasteiger partial charge is 0.306 e. The molecule has 1 heterocycles. The van der Waals surface area contributed by atoms with Crippen LogP contribution in [0.5, 0.6) is 0 Å². The number of hydrogen-bond donors (Lipinski definition) is 4. The number of rotatable bonds is 32. The van der Waals surface area contributed by atoms with Crippen LogP contribution in [-0.2, 0) is 38.7 Å². The fourth-order valence-corrected chi connectivity index (χ4v) is 6.52. The summed E-state index contributed by atoms with van der Waals surface area (Å²) in [6.45, 7) is 3.66. The summed E-state index contributed by atoms with van der Waals surface area (Å²) in [7, 11) is -4.60. The van der Waals surface area contributed by atoms with Crippen molar-refractivity contribution in [3.05, 3.63) is 24.3 Å². The molecule has 0 spiro atoms. The topological polar surface area (TPSA) is 186 Å². The van der Waals surface area contributed by atoms with E-state index in [0.29, 0.717) is 12.8 Å². The zero-order chi connectivity index (χ0) is 38.5. The molecule has 0 aromatic heterocycles. The second-order valence-corrected chi connectivity index (χ2v) is 15.4. The minimum Gasteiger partial charge on any atom is -0.462 e. The van der Waals surface area contributed by atoms with Crippen LogP contribution in [0.25, 0.3) is 0 Å². The van der Waals surface area contributed by atoms with E-state index in [2.05, 4.69) is 38.2 Å². The van der Waals surface area contributed by atoms with Gasteiger partial charge in [0.25, 0.3) is 10.1 Å². The summed E-state index contributed by atoms with van der Waals surface area (Å²) in [5.41, 5.74) is 0. The van der Waals surface area contributed by atoms with E-state index in [9.17, 15) is 37.9 Å². The van der Waals surface area contributed by atoms with Crippen LogP contribution >= 0.6 is 0 Å². The van der Waals surface area contributed by atoms with Gasteiger partial charge in [0, 0.05) is 12.8 Å². The first-order chi connectivity index (χ1) is 25.0. The fraction of sp³-hybridized carbons (Fsp3) is 0.846. The molecular weight excluding hydrogens is 692 g/mol. The molecule has 4 N–H and O–H groups in total. The number of aliphatic hydroxyl groups excluding tert-OH is 3. The molecule has 304 valence electrons. The van der Waals surface area contributed by atoms with Crippen molar-refractivity contribution in [2.45, 2.75) is 192 Å². The van der Waals surface area contributed by atoms with Gasteiger partial charge in [0.05, 0.1) is 6.61 Å². The van der Waals surface area contributed by atoms with E-state index in [-0.39, 0.29) is 19.4 Å². The lowest BCUT2D eigenvalue weighted by molar-refractivity contribution is -0.297. The van der Waals surface area contributed by atoms with Crippen LogP contribution in [0.2, 0.25) is 0 Å². The molecule has 0 radical (unpaired) electrons. The average molecular weight is 763 g/mol. The summed E-state index contributed by atoms with van der Waals surface area (Å²) in [6.07, 6.45) is 21.0. The molecule has 0 aliphatic carbocycles. The number of ether oxygens (including phenoxy) is 4. The zero-order valence-corrected chi connectivity index (χ0v) is 32.7. The molecule has 2 unspecified atom stereocenters. The second kappa shape index (κ2) is 30.5. The Bertz CT molecular complexity index is 1080. The second-order valence-electron chi connectivity index (χ2n) is 13.9. The Morgan fingerprint density at radius 2 is 1.12 bits per heavy atom. The molecular formula is C39H70O12S. The van der Waals surface area contributed by atoms with Gasteiger partial charge in [-0.25, -0.2) is 0 Å². The Balaban J connectivity index is 2.52. The lowest BCUT2D eigenvalue weighted by Gasteiger charge is -2.40. The number of aliphatic hydroxyl groups is 3. The molecule has 12 nitrogen and oxygen atoms in total. The number of hydrogen-bond acceptors (Lipinski definition) is 11. The minimum atomic E-state index is -4.60. The Morgan fingerprint density at radius 1 is 0.635 bits per heavy atom. The van der Waals surface area contributed by atoms with Crippen molar-refractivity contribution in [2.24, 2.45) is 0 Å². The Kier molecular flexibility index (Phi) is 28.2. The molecule has 52 heavy (non-hydrogen) atoms. The highest BCUT2D eigenvalue weighted by Crippen LogP contribution is 2.24. The van der Waals surface area contributed by atoms with Gasteiger partial charge in [-0.1, -0.05) is 109 Å². The van der Waals surface area contributed by atoms with Gasteiger partial charge in [-0.3, -0.25) is 14.1 Å². The number of unbranched alkanes of at least 4 members (excludes halogenated alkanes) is 16. The van der Waals surface area contributed by atoms with E-state index in [1.165, 1.54) is 38.5 Å². The summed E-state index contributed by atoms with van der Waals surface area (Å²) < 4.78 is 53.8. The third-order valence-electron chi connectivity index (χ3n) is 9.00. The van der Waals surface area contributed by atoms with Gasteiger partial charge in [0.1, 0.15) is 36.8 Å². The summed E-state index contributed by atoms with van der Waals surface area (Å²) in [5, 5.41) is 30.7. The van der Waals surface area contributed by atoms with Gasteiger partial charge in [0.2, 0.25) is 0 Å². The van der Waals surface area contributed by atoms with Crippen molar-refractivity contribution < 1.29 is 56.8 Å². The molecule has 0 saturated carbocycles. The lowest BCUT2D eigenvalue weighted by Crippen LogP contribution is -2.60. The SMILES string of the molecule is CCCC/C=C/CCCCCCCC(=O)O[C@H](COC(=O)CCCCCCC/C=C/CCCCCC)CO[C@H]1O[C@H](CS(=O)(=O)O)[C@@H](O)C(O)C1O. The van der Waals surface area contributed by atoms with Crippen molar-refractivity contribution in [3.63, 3.8) is 0 Å². The van der Waals surface area contributed by atoms with Gasteiger partial charge in [-0.05, 0) is 57.8 Å². The summed E-state index contributed by atoms with van der Waals surface area (Å²) >= 11 is 0. The number of carbonyl (C=O) groups is 2. The van der Waals surface area contributed by atoms with Crippen LogP contribution in [0, 0.1) is 0 Å². The summed E-state index contributed by atoms with van der Waals surface area (Å²) in [6, 6.07) is 0. The van der Waals surface area contributed by atoms with Gasteiger partial charge in [0.15, 0.2) is 12.4 Å². The number of esters is 2. The van der Waals surface area contributed by atoms with Crippen molar-refractivity contribution in [3.8, 4) is 0 Å². The highest BCUT2D eigenvalue weighted by atomic mass is 32.2. The van der Waals surface area contributed by atoms with Crippen molar-refractivity contribution in [1.82, 2.24) is 0 Å². The average Bonchev–Trinajstić information content (AvgIpc) is 3.10. The Hall–Kier alpha value is -1.87. The lowest BCUT2D eigenvalue weighted by atomic mass is 10.00. The quantitative estimate of drug-likeness (QED) is 0.0241. The molecule has 1 fully saturated rings. The third kappa shape index (κ3) is 25.2. The summed E-state index contributed by atoms with van der Waals surface area (Å²) in [5.74, 6) is -2.01. The van der Waals surface area contributed by atoms with Crippen LogP contribution in [0.4, 0.5) is 0 Å². The van der Waals surface area contributed by atoms with Gasteiger partial charge < -0.3 is 34.3 Å². The predicted octanol–water partition coefficient (Wildman–Crippen LogP) is 6.89. The third-order valence-corrected chi connectivity index (χ3v) is 9.75. The normalized spacial score (nSPS) is 21.5. The van der Waals surface area contributed by atoms with E-state index in [1.54, 1.807) is 0 Å². The molecule has 1 aliphatic heterocycles. The van der Waals surface area contributed by atoms with Crippen LogP contribution in [0.1, 0.15) is 155 Å². The minimum absolute atomic E-state index is 0.153. The van der Waals surface area contributed by atoms with E-state index in [0.717, 1.165) is 77.0 Å².